The molecule has 1 unspecified atom stereocenters. The Morgan fingerprint density at radius 2 is 2.06 bits per heavy atom. The van der Waals surface area contributed by atoms with Gasteiger partial charge in [0.05, 0.1) is 13.2 Å². The fourth-order valence-electron chi connectivity index (χ4n) is 1.50. The normalized spacial score (nSPS) is 19.8. The molecule has 5 nitrogen and oxygen atoms in total. The summed E-state index contributed by atoms with van der Waals surface area (Å²) in [4.78, 5) is 24.9. The van der Waals surface area contributed by atoms with Gasteiger partial charge in [-0.15, -0.1) is 0 Å². The second kappa shape index (κ2) is 5.87. The van der Waals surface area contributed by atoms with Crippen LogP contribution >= 0.6 is 0 Å². The quantitative estimate of drug-likeness (QED) is 0.521. The van der Waals surface area contributed by atoms with Crippen molar-refractivity contribution < 1.29 is 19.1 Å². The topological polar surface area (TPSA) is 55.8 Å². The minimum atomic E-state index is -0.668. The molecule has 0 aliphatic carbocycles. The number of morpholine rings is 1. The minimum absolute atomic E-state index is 0.197. The van der Waals surface area contributed by atoms with E-state index in [1.807, 2.05) is 0 Å². The first kappa shape index (κ1) is 14.5. The molecule has 1 atom stereocenters. The lowest BCUT2D eigenvalue weighted by Crippen LogP contribution is -2.49. The lowest BCUT2D eigenvalue weighted by atomic mass is 10.2. The number of ether oxygens (including phenoxy) is 2. The highest BCUT2D eigenvalue weighted by Crippen LogP contribution is 2.13. The van der Waals surface area contributed by atoms with Crippen LogP contribution in [-0.4, -0.2) is 48.2 Å². The summed E-state index contributed by atoms with van der Waals surface area (Å²) in [5.41, 5.74) is -0.544. The predicted octanol–water partition coefficient (Wildman–Crippen LogP) is 1.21. The van der Waals surface area contributed by atoms with Gasteiger partial charge in [0.15, 0.2) is 0 Å². The first-order valence-electron chi connectivity index (χ1n) is 5.89. The summed E-state index contributed by atoms with van der Waals surface area (Å²) in [5.74, 6) is 4.66. The maximum atomic E-state index is 11.8. The van der Waals surface area contributed by atoms with Gasteiger partial charge in [-0.2, -0.15) is 0 Å². The molecule has 0 aromatic heterocycles. The van der Waals surface area contributed by atoms with Crippen molar-refractivity contribution in [2.75, 3.05) is 19.7 Å². The van der Waals surface area contributed by atoms with E-state index < -0.39 is 17.8 Å². The van der Waals surface area contributed by atoms with E-state index in [2.05, 4.69) is 11.8 Å². The van der Waals surface area contributed by atoms with Crippen LogP contribution in [0.1, 0.15) is 27.7 Å². The molecule has 1 saturated heterocycles. The third kappa shape index (κ3) is 4.38. The van der Waals surface area contributed by atoms with Crippen LogP contribution in [-0.2, 0) is 14.3 Å². The van der Waals surface area contributed by atoms with Gasteiger partial charge in [-0.25, -0.2) is 4.79 Å². The van der Waals surface area contributed by atoms with Gasteiger partial charge >= 0.3 is 6.09 Å². The van der Waals surface area contributed by atoms with E-state index in [0.29, 0.717) is 13.2 Å². The Bertz CT molecular complexity index is 386. The van der Waals surface area contributed by atoms with Crippen molar-refractivity contribution >= 4 is 11.9 Å². The molecule has 0 spiro atoms. The van der Waals surface area contributed by atoms with Crippen LogP contribution in [0.5, 0.6) is 0 Å². The molecule has 18 heavy (non-hydrogen) atoms. The Labute approximate surface area is 107 Å². The van der Waals surface area contributed by atoms with Crippen LogP contribution in [0, 0.1) is 11.8 Å². The molecule has 0 saturated carbocycles. The van der Waals surface area contributed by atoms with Gasteiger partial charge in [0.25, 0.3) is 0 Å². The van der Waals surface area contributed by atoms with Crippen molar-refractivity contribution in [3.8, 4) is 11.8 Å². The largest absolute Gasteiger partial charge is 0.444 e. The number of hydrogen-bond acceptors (Lipinski definition) is 4. The second-order valence-corrected chi connectivity index (χ2v) is 5.03. The van der Waals surface area contributed by atoms with E-state index >= 15 is 0 Å². The molecule has 1 aliphatic rings. The standard InChI is InChI=1S/C13H19NO4/c1-5-6-10(15)11-9-14(7-8-17-11)12(16)18-13(2,3)4/h11H,7-9H2,1-4H3. The van der Waals surface area contributed by atoms with Gasteiger partial charge in [-0.05, 0) is 33.6 Å². The zero-order valence-electron chi connectivity index (χ0n) is 11.3. The van der Waals surface area contributed by atoms with Crippen molar-refractivity contribution in [1.29, 1.82) is 0 Å². The van der Waals surface area contributed by atoms with Crippen LogP contribution in [0.4, 0.5) is 4.79 Å². The number of amides is 1. The van der Waals surface area contributed by atoms with E-state index in [0.717, 1.165) is 0 Å². The van der Waals surface area contributed by atoms with E-state index in [4.69, 9.17) is 9.47 Å². The van der Waals surface area contributed by atoms with Crippen LogP contribution in [0.2, 0.25) is 0 Å². The smallest absolute Gasteiger partial charge is 0.410 e. The number of carbonyl (C=O) groups is 2. The van der Waals surface area contributed by atoms with Crippen LogP contribution in [0.15, 0.2) is 0 Å². The summed E-state index contributed by atoms with van der Waals surface area (Å²) in [6.45, 7) is 7.94. The first-order chi connectivity index (χ1) is 8.33. The highest BCUT2D eigenvalue weighted by molar-refractivity contribution is 5.99. The molecule has 1 rings (SSSR count). The lowest BCUT2D eigenvalue weighted by molar-refractivity contribution is -0.129. The molecule has 1 fully saturated rings. The maximum Gasteiger partial charge on any atom is 0.410 e. The van der Waals surface area contributed by atoms with Gasteiger partial charge < -0.3 is 14.4 Å². The number of carbonyl (C=O) groups excluding carboxylic acids is 2. The van der Waals surface area contributed by atoms with Gasteiger partial charge in [0.1, 0.15) is 11.7 Å². The zero-order valence-corrected chi connectivity index (χ0v) is 11.3. The van der Waals surface area contributed by atoms with Gasteiger partial charge in [-0.3, -0.25) is 4.79 Å². The van der Waals surface area contributed by atoms with E-state index in [9.17, 15) is 9.59 Å². The van der Waals surface area contributed by atoms with E-state index in [1.54, 1.807) is 27.7 Å². The summed E-state index contributed by atoms with van der Waals surface area (Å²) < 4.78 is 10.6. The Morgan fingerprint density at radius 3 is 2.61 bits per heavy atom. The molecule has 0 aromatic carbocycles. The highest BCUT2D eigenvalue weighted by atomic mass is 16.6. The Morgan fingerprint density at radius 1 is 1.39 bits per heavy atom. The van der Waals surface area contributed by atoms with Crippen molar-refractivity contribution in [2.45, 2.75) is 39.4 Å². The monoisotopic (exact) mass is 253 g/mol. The Balaban J connectivity index is 2.60. The number of nitrogens with zero attached hydrogens (tertiary/aromatic N) is 1. The minimum Gasteiger partial charge on any atom is -0.444 e. The van der Waals surface area contributed by atoms with Crippen molar-refractivity contribution in [2.24, 2.45) is 0 Å². The molecule has 0 bridgehead atoms. The molecule has 0 radical (unpaired) electrons. The lowest BCUT2D eigenvalue weighted by Gasteiger charge is -2.32. The third-order valence-electron chi connectivity index (χ3n) is 2.26. The number of Topliss-reactive ketones (excluding diaryl/α,β-unsaturated/α-hetero) is 1. The third-order valence-corrected chi connectivity index (χ3v) is 2.26. The summed E-state index contributed by atoms with van der Waals surface area (Å²) in [6, 6.07) is 0. The van der Waals surface area contributed by atoms with E-state index in [-0.39, 0.29) is 12.3 Å². The molecular weight excluding hydrogens is 234 g/mol. The van der Waals surface area contributed by atoms with Crippen LogP contribution in [0.3, 0.4) is 0 Å². The molecule has 0 N–H and O–H groups in total. The fraction of sp³-hybridized carbons (Fsp3) is 0.692. The Kier molecular flexibility index (Phi) is 4.74. The zero-order chi connectivity index (χ0) is 13.8. The number of rotatable bonds is 1. The predicted molar refractivity (Wildman–Crippen MR) is 66.0 cm³/mol. The van der Waals surface area contributed by atoms with Crippen LogP contribution in [0.25, 0.3) is 0 Å². The summed E-state index contributed by atoms with van der Waals surface area (Å²) in [5, 5.41) is 0. The van der Waals surface area contributed by atoms with Gasteiger partial charge in [0, 0.05) is 6.54 Å². The summed E-state index contributed by atoms with van der Waals surface area (Å²) in [6.07, 6.45) is -1.09. The first-order valence-corrected chi connectivity index (χ1v) is 5.89. The maximum absolute atomic E-state index is 11.8. The average Bonchev–Trinajstić information content (AvgIpc) is 2.27. The Hall–Kier alpha value is -1.54. The van der Waals surface area contributed by atoms with Crippen molar-refractivity contribution in [3.63, 3.8) is 0 Å². The highest BCUT2D eigenvalue weighted by Gasteiger charge is 2.30. The number of ketones is 1. The van der Waals surface area contributed by atoms with Gasteiger partial charge in [0.2, 0.25) is 5.78 Å². The summed E-state index contributed by atoms with van der Waals surface area (Å²) >= 11 is 0. The van der Waals surface area contributed by atoms with Gasteiger partial charge in [-0.1, -0.05) is 5.92 Å². The number of hydrogen-bond donors (Lipinski definition) is 0. The molecule has 1 heterocycles. The summed E-state index contributed by atoms with van der Waals surface area (Å²) in [7, 11) is 0. The van der Waals surface area contributed by atoms with Crippen LogP contribution < -0.4 is 0 Å². The van der Waals surface area contributed by atoms with Crippen molar-refractivity contribution in [1.82, 2.24) is 4.90 Å². The molecule has 1 amide bonds. The molecular formula is C13H19NO4. The molecule has 5 heteroatoms. The fourth-order valence-corrected chi connectivity index (χ4v) is 1.50. The molecule has 100 valence electrons. The van der Waals surface area contributed by atoms with E-state index in [1.165, 1.54) is 4.90 Å². The molecule has 1 aliphatic heterocycles. The second-order valence-electron chi connectivity index (χ2n) is 5.03. The molecule has 0 aromatic rings. The SMILES string of the molecule is CC#CC(=O)C1CN(C(=O)OC(C)(C)C)CCO1. The van der Waals surface area contributed by atoms with Crippen molar-refractivity contribution in [3.05, 3.63) is 0 Å². The average molecular weight is 253 g/mol.